The molecule has 0 aliphatic rings. The van der Waals surface area contributed by atoms with E-state index in [9.17, 15) is 9.18 Å². The maximum atomic E-state index is 12.7. The first-order valence-electron chi connectivity index (χ1n) is 5.32. The summed E-state index contributed by atoms with van der Waals surface area (Å²) in [5.74, 6) is -0.365. The van der Waals surface area contributed by atoms with Gasteiger partial charge in [-0.15, -0.1) is 0 Å². The molecule has 0 saturated carbocycles. The lowest BCUT2D eigenvalue weighted by atomic mass is 10.1. The lowest BCUT2D eigenvalue weighted by Gasteiger charge is -2.19. The first kappa shape index (κ1) is 12.6. The minimum absolute atomic E-state index is 0.0547. The average molecular weight is 224 g/mol. The van der Waals surface area contributed by atoms with Crippen LogP contribution in [0, 0.1) is 5.82 Å². The highest BCUT2D eigenvalue weighted by atomic mass is 19.1. The summed E-state index contributed by atoms with van der Waals surface area (Å²) < 4.78 is 12.7. The van der Waals surface area contributed by atoms with Crippen molar-refractivity contribution in [1.82, 2.24) is 0 Å². The summed E-state index contributed by atoms with van der Waals surface area (Å²) >= 11 is 0. The Bertz CT molecular complexity index is 351. The van der Waals surface area contributed by atoms with Crippen molar-refractivity contribution < 1.29 is 9.18 Å². The second kappa shape index (κ2) is 5.61. The van der Waals surface area contributed by atoms with E-state index in [0.29, 0.717) is 12.1 Å². The third-order valence-electron chi connectivity index (χ3n) is 2.55. The summed E-state index contributed by atoms with van der Waals surface area (Å²) in [6.45, 7) is 1.94. The van der Waals surface area contributed by atoms with E-state index in [0.717, 1.165) is 6.42 Å². The van der Waals surface area contributed by atoms with Crippen LogP contribution < -0.4 is 10.6 Å². The van der Waals surface area contributed by atoms with Crippen LogP contribution in [-0.2, 0) is 4.79 Å². The van der Waals surface area contributed by atoms with Gasteiger partial charge >= 0.3 is 0 Å². The van der Waals surface area contributed by atoms with Gasteiger partial charge in [-0.1, -0.05) is 6.92 Å². The monoisotopic (exact) mass is 224 g/mol. The predicted octanol–water partition coefficient (Wildman–Crippen LogP) is 1.92. The SMILES string of the molecule is CCC(N)CC(=O)N(C)c1ccc(F)cc1. The number of benzene rings is 1. The standard InChI is InChI=1S/C12H17FN2O/c1-3-10(14)8-12(16)15(2)11-6-4-9(13)5-7-11/h4-7,10H,3,8,14H2,1-2H3. The van der Waals surface area contributed by atoms with Crippen molar-refractivity contribution in [3.63, 3.8) is 0 Å². The number of hydrogen-bond acceptors (Lipinski definition) is 2. The Balaban J connectivity index is 2.66. The number of carbonyl (C=O) groups is 1. The molecule has 0 heterocycles. The minimum Gasteiger partial charge on any atom is -0.327 e. The maximum absolute atomic E-state index is 12.7. The van der Waals surface area contributed by atoms with E-state index in [4.69, 9.17) is 5.73 Å². The molecule has 0 bridgehead atoms. The Hall–Kier alpha value is -1.42. The van der Waals surface area contributed by atoms with Gasteiger partial charge in [-0.3, -0.25) is 4.79 Å². The van der Waals surface area contributed by atoms with Gasteiger partial charge in [0.25, 0.3) is 0 Å². The second-order valence-corrected chi connectivity index (χ2v) is 3.80. The molecule has 2 N–H and O–H groups in total. The maximum Gasteiger partial charge on any atom is 0.228 e. The summed E-state index contributed by atoms with van der Waals surface area (Å²) in [5, 5.41) is 0. The lowest BCUT2D eigenvalue weighted by molar-refractivity contribution is -0.118. The van der Waals surface area contributed by atoms with E-state index in [1.807, 2.05) is 6.92 Å². The van der Waals surface area contributed by atoms with Crippen LogP contribution in [0.1, 0.15) is 19.8 Å². The summed E-state index contributed by atoms with van der Waals surface area (Å²) in [7, 11) is 1.66. The molecule has 16 heavy (non-hydrogen) atoms. The van der Waals surface area contributed by atoms with Gasteiger partial charge < -0.3 is 10.6 Å². The number of nitrogens with two attached hydrogens (primary N) is 1. The van der Waals surface area contributed by atoms with Gasteiger partial charge in [0, 0.05) is 25.2 Å². The molecule has 0 aliphatic carbocycles. The van der Waals surface area contributed by atoms with Gasteiger partial charge in [-0.05, 0) is 30.7 Å². The van der Waals surface area contributed by atoms with E-state index in [2.05, 4.69) is 0 Å². The first-order valence-corrected chi connectivity index (χ1v) is 5.32. The Morgan fingerprint density at radius 2 is 2.00 bits per heavy atom. The number of hydrogen-bond donors (Lipinski definition) is 1. The Morgan fingerprint density at radius 1 is 1.44 bits per heavy atom. The summed E-state index contributed by atoms with van der Waals surface area (Å²) in [6.07, 6.45) is 1.08. The molecule has 0 saturated heterocycles. The Kier molecular flexibility index (Phi) is 4.43. The number of anilines is 1. The molecule has 1 rings (SSSR count). The quantitative estimate of drug-likeness (QED) is 0.849. The molecule has 1 aromatic rings. The van der Waals surface area contributed by atoms with Crippen molar-refractivity contribution in [2.24, 2.45) is 5.73 Å². The molecule has 88 valence electrons. The van der Waals surface area contributed by atoms with Crippen LogP contribution in [0.5, 0.6) is 0 Å². The summed E-state index contributed by atoms with van der Waals surface area (Å²) in [4.78, 5) is 13.2. The number of halogens is 1. The van der Waals surface area contributed by atoms with Gasteiger partial charge in [0.15, 0.2) is 0 Å². The molecule has 1 amide bonds. The molecular weight excluding hydrogens is 207 g/mol. The van der Waals surface area contributed by atoms with Gasteiger partial charge in [-0.2, -0.15) is 0 Å². The minimum atomic E-state index is -0.310. The fraction of sp³-hybridized carbons (Fsp3) is 0.417. The topological polar surface area (TPSA) is 46.3 Å². The molecule has 3 nitrogen and oxygen atoms in total. The van der Waals surface area contributed by atoms with Crippen molar-refractivity contribution in [2.45, 2.75) is 25.8 Å². The van der Waals surface area contributed by atoms with E-state index >= 15 is 0 Å². The van der Waals surface area contributed by atoms with Crippen molar-refractivity contribution >= 4 is 11.6 Å². The van der Waals surface area contributed by atoms with E-state index in [-0.39, 0.29) is 17.8 Å². The molecule has 0 spiro atoms. The van der Waals surface area contributed by atoms with Crippen LogP contribution in [0.25, 0.3) is 0 Å². The van der Waals surface area contributed by atoms with Crippen LogP contribution in [0.2, 0.25) is 0 Å². The largest absolute Gasteiger partial charge is 0.327 e. The van der Waals surface area contributed by atoms with Crippen molar-refractivity contribution in [3.05, 3.63) is 30.1 Å². The highest BCUT2D eigenvalue weighted by Gasteiger charge is 2.13. The summed E-state index contributed by atoms with van der Waals surface area (Å²) in [5.41, 5.74) is 6.38. The van der Waals surface area contributed by atoms with Crippen molar-refractivity contribution in [1.29, 1.82) is 0 Å². The molecule has 0 fully saturated rings. The normalized spacial score (nSPS) is 12.2. The zero-order chi connectivity index (χ0) is 12.1. The van der Waals surface area contributed by atoms with E-state index in [1.165, 1.54) is 17.0 Å². The summed E-state index contributed by atoms with van der Waals surface area (Å²) in [6, 6.07) is 5.70. The highest BCUT2D eigenvalue weighted by Crippen LogP contribution is 2.14. The average Bonchev–Trinajstić information content (AvgIpc) is 2.28. The van der Waals surface area contributed by atoms with Crippen LogP contribution in [0.4, 0.5) is 10.1 Å². The molecular formula is C12H17FN2O. The molecule has 0 aromatic heterocycles. The van der Waals surface area contributed by atoms with Crippen LogP contribution in [0.15, 0.2) is 24.3 Å². The van der Waals surface area contributed by atoms with Crippen LogP contribution in [-0.4, -0.2) is 19.0 Å². The van der Waals surface area contributed by atoms with Crippen molar-refractivity contribution in [3.8, 4) is 0 Å². The smallest absolute Gasteiger partial charge is 0.228 e. The van der Waals surface area contributed by atoms with Crippen LogP contribution in [0.3, 0.4) is 0 Å². The van der Waals surface area contributed by atoms with E-state index < -0.39 is 0 Å². The number of rotatable bonds is 4. The zero-order valence-electron chi connectivity index (χ0n) is 9.61. The second-order valence-electron chi connectivity index (χ2n) is 3.80. The Labute approximate surface area is 95.0 Å². The number of carbonyl (C=O) groups excluding carboxylic acids is 1. The Morgan fingerprint density at radius 3 is 2.50 bits per heavy atom. The van der Waals surface area contributed by atoms with Gasteiger partial charge in [0.1, 0.15) is 5.82 Å². The molecule has 1 atom stereocenters. The fourth-order valence-corrected chi connectivity index (χ4v) is 1.31. The van der Waals surface area contributed by atoms with Crippen molar-refractivity contribution in [2.75, 3.05) is 11.9 Å². The zero-order valence-corrected chi connectivity index (χ0v) is 9.61. The third kappa shape index (κ3) is 3.31. The van der Waals surface area contributed by atoms with Crippen LogP contribution >= 0.6 is 0 Å². The first-order chi connectivity index (χ1) is 7.54. The predicted molar refractivity (Wildman–Crippen MR) is 62.7 cm³/mol. The number of amides is 1. The third-order valence-corrected chi connectivity index (χ3v) is 2.55. The van der Waals surface area contributed by atoms with E-state index in [1.54, 1.807) is 19.2 Å². The fourth-order valence-electron chi connectivity index (χ4n) is 1.31. The highest BCUT2D eigenvalue weighted by molar-refractivity contribution is 5.93. The van der Waals surface area contributed by atoms with Gasteiger partial charge in [0.05, 0.1) is 0 Å². The molecule has 4 heteroatoms. The molecule has 0 aliphatic heterocycles. The number of nitrogens with zero attached hydrogens (tertiary/aromatic N) is 1. The van der Waals surface area contributed by atoms with Gasteiger partial charge in [-0.25, -0.2) is 4.39 Å². The molecule has 1 unspecified atom stereocenters. The molecule has 0 radical (unpaired) electrons. The van der Waals surface area contributed by atoms with Gasteiger partial charge in [0.2, 0.25) is 5.91 Å². The lowest BCUT2D eigenvalue weighted by Crippen LogP contribution is -2.32. The molecule has 1 aromatic carbocycles.